The van der Waals surface area contributed by atoms with Gasteiger partial charge in [-0.1, -0.05) is 32.6 Å². The highest BCUT2D eigenvalue weighted by Gasteiger charge is 2.38. The molecule has 0 spiro atoms. The largest absolute Gasteiger partial charge is 0.465 e. The minimum atomic E-state index is -3.30. The van der Waals surface area contributed by atoms with Crippen molar-refractivity contribution in [3.8, 4) is 0 Å². The molecule has 0 amide bonds. The molecule has 0 saturated carbocycles. The Labute approximate surface area is 83.6 Å². The molecule has 2 nitrogen and oxygen atoms in total. The maximum Gasteiger partial charge on any atom is 0.376 e. The van der Waals surface area contributed by atoms with Crippen LogP contribution in [-0.4, -0.2) is 19.0 Å². The lowest BCUT2D eigenvalue weighted by molar-refractivity contribution is -0.169. The fraction of sp³-hybridized carbons (Fsp3) is 0.900. The lowest BCUT2D eigenvalue weighted by Gasteiger charge is -2.12. The van der Waals surface area contributed by atoms with Gasteiger partial charge in [-0.05, 0) is 6.42 Å². The van der Waals surface area contributed by atoms with Gasteiger partial charge in [0.15, 0.2) is 0 Å². The van der Waals surface area contributed by atoms with Gasteiger partial charge in [0, 0.05) is 6.42 Å². The second kappa shape index (κ2) is 6.74. The van der Waals surface area contributed by atoms with Gasteiger partial charge in [0.2, 0.25) is 0 Å². The number of hydrogen-bond acceptors (Lipinski definition) is 2. The van der Waals surface area contributed by atoms with Crippen LogP contribution in [0.15, 0.2) is 0 Å². The molecule has 0 bridgehead atoms. The quantitative estimate of drug-likeness (QED) is 0.474. The molecule has 0 aliphatic heterocycles. The molecule has 0 rings (SSSR count). The van der Waals surface area contributed by atoms with E-state index in [0.717, 1.165) is 32.8 Å². The summed E-state index contributed by atoms with van der Waals surface area (Å²) in [4.78, 5) is 10.6. The summed E-state index contributed by atoms with van der Waals surface area (Å²) in [6.45, 7) is 2.06. The maximum atomic E-state index is 12.9. The van der Waals surface area contributed by atoms with Crippen molar-refractivity contribution in [2.24, 2.45) is 0 Å². The van der Waals surface area contributed by atoms with Crippen molar-refractivity contribution in [1.82, 2.24) is 0 Å². The van der Waals surface area contributed by atoms with Crippen molar-refractivity contribution < 1.29 is 18.3 Å². The zero-order valence-electron chi connectivity index (χ0n) is 8.82. The molecule has 0 aromatic carbocycles. The van der Waals surface area contributed by atoms with Crippen LogP contribution in [-0.2, 0) is 9.53 Å². The zero-order valence-corrected chi connectivity index (χ0v) is 8.82. The zero-order chi connectivity index (χ0) is 11.0. The molecule has 14 heavy (non-hydrogen) atoms. The van der Waals surface area contributed by atoms with Crippen LogP contribution in [0.1, 0.15) is 45.4 Å². The highest BCUT2D eigenvalue weighted by Crippen LogP contribution is 2.23. The Hall–Kier alpha value is -0.670. The lowest BCUT2D eigenvalue weighted by Crippen LogP contribution is -2.29. The SMILES string of the molecule is CCCCCCCC(F)(F)C(=O)OC. The predicted molar refractivity (Wildman–Crippen MR) is 50.3 cm³/mol. The number of ether oxygens (including phenoxy) is 1. The Balaban J connectivity index is 3.60. The molecule has 0 radical (unpaired) electrons. The number of carbonyl (C=O) groups is 1. The van der Waals surface area contributed by atoms with Gasteiger partial charge in [0.1, 0.15) is 0 Å². The molecule has 0 aromatic heterocycles. The molecular formula is C10H18F2O2. The first-order valence-electron chi connectivity index (χ1n) is 5.01. The number of esters is 1. The molecule has 0 heterocycles. The van der Waals surface area contributed by atoms with Gasteiger partial charge >= 0.3 is 11.9 Å². The van der Waals surface area contributed by atoms with Gasteiger partial charge in [-0.25, -0.2) is 4.79 Å². The van der Waals surface area contributed by atoms with Crippen molar-refractivity contribution in [3.05, 3.63) is 0 Å². The van der Waals surface area contributed by atoms with Gasteiger partial charge in [0.25, 0.3) is 0 Å². The van der Waals surface area contributed by atoms with Gasteiger partial charge < -0.3 is 4.74 Å². The Bertz CT molecular complexity index is 170. The Kier molecular flexibility index (Phi) is 6.41. The number of hydrogen-bond donors (Lipinski definition) is 0. The third kappa shape index (κ3) is 5.14. The Morgan fingerprint density at radius 2 is 1.79 bits per heavy atom. The number of rotatable bonds is 7. The Morgan fingerprint density at radius 1 is 1.21 bits per heavy atom. The van der Waals surface area contributed by atoms with Gasteiger partial charge in [-0.15, -0.1) is 0 Å². The Morgan fingerprint density at radius 3 is 2.29 bits per heavy atom. The number of halogens is 2. The fourth-order valence-corrected chi connectivity index (χ4v) is 1.20. The molecule has 4 heteroatoms. The summed E-state index contributed by atoms with van der Waals surface area (Å²) < 4.78 is 29.7. The molecule has 0 aliphatic carbocycles. The first-order chi connectivity index (χ1) is 6.54. The minimum Gasteiger partial charge on any atom is -0.465 e. The summed E-state index contributed by atoms with van der Waals surface area (Å²) in [5.74, 6) is -4.73. The predicted octanol–water partition coefficient (Wildman–Crippen LogP) is 3.16. The third-order valence-electron chi connectivity index (χ3n) is 2.08. The van der Waals surface area contributed by atoms with E-state index in [4.69, 9.17) is 0 Å². The summed E-state index contributed by atoms with van der Waals surface area (Å²) in [5.41, 5.74) is 0. The first kappa shape index (κ1) is 13.3. The molecule has 0 atom stereocenters. The summed E-state index contributed by atoms with van der Waals surface area (Å²) in [7, 11) is 0.979. The number of carbonyl (C=O) groups excluding carboxylic acids is 1. The second-order valence-corrected chi connectivity index (χ2v) is 3.36. The molecule has 0 aliphatic rings. The first-order valence-corrected chi connectivity index (χ1v) is 5.01. The molecule has 84 valence electrons. The van der Waals surface area contributed by atoms with Crippen LogP contribution >= 0.6 is 0 Å². The highest BCUT2D eigenvalue weighted by molar-refractivity contribution is 5.77. The van der Waals surface area contributed by atoms with E-state index >= 15 is 0 Å². The van der Waals surface area contributed by atoms with Crippen LogP contribution < -0.4 is 0 Å². The smallest absolute Gasteiger partial charge is 0.376 e. The second-order valence-electron chi connectivity index (χ2n) is 3.36. The van der Waals surface area contributed by atoms with Crippen molar-refractivity contribution in [2.75, 3.05) is 7.11 Å². The standard InChI is InChI=1S/C10H18F2O2/c1-3-4-5-6-7-8-10(11,12)9(13)14-2/h3-8H2,1-2H3. The van der Waals surface area contributed by atoms with Crippen molar-refractivity contribution >= 4 is 5.97 Å². The van der Waals surface area contributed by atoms with Crippen LogP contribution in [0.2, 0.25) is 0 Å². The molecule has 0 aromatic rings. The number of alkyl halides is 2. The van der Waals surface area contributed by atoms with Crippen LogP contribution in [0, 0.1) is 0 Å². The van der Waals surface area contributed by atoms with E-state index in [1.807, 2.05) is 0 Å². The van der Waals surface area contributed by atoms with E-state index in [1.165, 1.54) is 0 Å². The average molecular weight is 208 g/mol. The molecule has 0 saturated heterocycles. The third-order valence-corrected chi connectivity index (χ3v) is 2.08. The van der Waals surface area contributed by atoms with Crippen LogP contribution in [0.25, 0.3) is 0 Å². The van der Waals surface area contributed by atoms with E-state index in [0.29, 0.717) is 6.42 Å². The van der Waals surface area contributed by atoms with Gasteiger partial charge in [0.05, 0.1) is 7.11 Å². The van der Waals surface area contributed by atoms with Crippen LogP contribution in [0.5, 0.6) is 0 Å². The highest BCUT2D eigenvalue weighted by atomic mass is 19.3. The van der Waals surface area contributed by atoms with Crippen molar-refractivity contribution in [3.63, 3.8) is 0 Å². The van der Waals surface area contributed by atoms with Gasteiger partial charge in [-0.3, -0.25) is 0 Å². The molecule has 0 N–H and O–H groups in total. The fourth-order valence-electron chi connectivity index (χ4n) is 1.20. The summed E-state index contributed by atoms with van der Waals surface area (Å²) in [6, 6.07) is 0. The van der Waals surface area contributed by atoms with E-state index in [1.54, 1.807) is 0 Å². The molecular weight excluding hydrogens is 190 g/mol. The topological polar surface area (TPSA) is 26.3 Å². The normalized spacial score (nSPS) is 11.4. The number of unbranched alkanes of at least 4 members (excludes halogenated alkanes) is 4. The van der Waals surface area contributed by atoms with Crippen LogP contribution in [0.3, 0.4) is 0 Å². The number of methoxy groups -OCH3 is 1. The molecule has 0 unspecified atom stereocenters. The van der Waals surface area contributed by atoms with Crippen LogP contribution in [0.4, 0.5) is 8.78 Å². The molecule has 0 fully saturated rings. The van der Waals surface area contributed by atoms with Crippen molar-refractivity contribution in [2.45, 2.75) is 51.4 Å². The van der Waals surface area contributed by atoms with E-state index in [2.05, 4.69) is 11.7 Å². The monoisotopic (exact) mass is 208 g/mol. The summed E-state index contributed by atoms with van der Waals surface area (Å²) >= 11 is 0. The van der Waals surface area contributed by atoms with Gasteiger partial charge in [-0.2, -0.15) is 8.78 Å². The average Bonchev–Trinajstić information content (AvgIpc) is 2.16. The maximum absolute atomic E-state index is 12.9. The summed E-state index contributed by atoms with van der Waals surface area (Å²) in [6.07, 6.45) is 3.82. The minimum absolute atomic E-state index is 0.377. The summed E-state index contributed by atoms with van der Waals surface area (Å²) in [5, 5.41) is 0. The van der Waals surface area contributed by atoms with Crippen molar-refractivity contribution in [1.29, 1.82) is 0 Å². The van der Waals surface area contributed by atoms with E-state index < -0.39 is 18.3 Å². The lowest BCUT2D eigenvalue weighted by atomic mass is 10.1. The van der Waals surface area contributed by atoms with E-state index in [9.17, 15) is 13.6 Å². The van der Waals surface area contributed by atoms with E-state index in [-0.39, 0.29) is 0 Å².